The zero-order chi connectivity index (χ0) is 16.4. The molecule has 2 amide bonds. The summed E-state index contributed by atoms with van der Waals surface area (Å²) in [7, 11) is 0. The van der Waals surface area contributed by atoms with Gasteiger partial charge in [-0.1, -0.05) is 32.0 Å². The van der Waals surface area contributed by atoms with Crippen LogP contribution in [0.1, 0.15) is 38.7 Å². The zero-order valence-corrected chi connectivity index (χ0v) is 14.1. The Labute approximate surface area is 138 Å². The van der Waals surface area contributed by atoms with Gasteiger partial charge < -0.3 is 9.80 Å². The topological polar surface area (TPSA) is 40.6 Å². The Kier molecular flexibility index (Phi) is 4.69. The van der Waals surface area contributed by atoms with Crippen LogP contribution >= 0.6 is 0 Å². The number of hydrogen-bond acceptors (Lipinski definition) is 2. The lowest BCUT2D eigenvalue weighted by molar-refractivity contribution is -0.137. The van der Waals surface area contributed by atoms with E-state index in [0.29, 0.717) is 13.1 Å². The number of rotatable bonds is 2. The van der Waals surface area contributed by atoms with Crippen molar-refractivity contribution < 1.29 is 9.59 Å². The van der Waals surface area contributed by atoms with E-state index in [1.807, 2.05) is 35.8 Å². The van der Waals surface area contributed by atoms with Crippen LogP contribution in [0.3, 0.4) is 0 Å². The number of aryl methyl sites for hydroxylation is 1. The van der Waals surface area contributed by atoms with Gasteiger partial charge in [-0.05, 0) is 37.3 Å². The molecule has 0 bridgehead atoms. The molecule has 0 spiro atoms. The Morgan fingerprint density at radius 3 is 2.48 bits per heavy atom. The molecule has 0 aliphatic carbocycles. The van der Waals surface area contributed by atoms with E-state index in [1.165, 1.54) is 5.56 Å². The average Bonchev–Trinajstić information content (AvgIpc) is 2.60. The number of anilines is 1. The Hall–Kier alpha value is -1.84. The van der Waals surface area contributed by atoms with Crippen molar-refractivity contribution in [3.05, 3.63) is 29.8 Å². The molecular weight excluding hydrogens is 288 g/mol. The molecule has 0 atom stereocenters. The number of fused-ring (bicyclic) bond motifs is 1. The van der Waals surface area contributed by atoms with Crippen molar-refractivity contribution in [1.82, 2.24) is 4.90 Å². The minimum atomic E-state index is 0.0382. The highest BCUT2D eigenvalue weighted by Gasteiger charge is 2.32. The fourth-order valence-corrected chi connectivity index (χ4v) is 3.69. The first-order valence-electron chi connectivity index (χ1n) is 8.76. The molecular formula is C19H26N2O2. The first-order chi connectivity index (χ1) is 11.1. The predicted molar refractivity (Wildman–Crippen MR) is 91.3 cm³/mol. The molecule has 1 aromatic carbocycles. The largest absolute Gasteiger partial charge is 0.342 e. The van der Waals surface area contributed by atoms with E-state index in [2.05, 4.69) is 12.1 Å². The van der Waals surface area contributed by atoms with Gasteiger partial charge in [-0.15, -0.1) is 0 Å². The highest BCUT2D eigenvalue weighted by Crippen LogP contribution is 2.30. The minimum Gasteiger partial charge on any atom is -0.342 e. The van der Waals surface area contributed by atoms with Gasteiger partial charge in [0.25, 0.3) is 0 Å². The number of piperidine rings is 1. The molecule has 1 aromatic rings. The van der Waals surface area contributed by atoms with Gasteiger partial charge in [-0.2, -0.15) is 0 Å². The van der Waals surface area contributed by atoms with Crippen LogP contribution in [0.15, 0.2) is 24.3 Å². The van der Waals surface area contributed by atoms with E-state index in [1.54, 1.807) is 0 Å². The van der Waals surface area contributed by atoms with Crippen molar-refractivity contribution in [2.45, 2.75) is 39.5 Å². The monoisotopic (exact) mass is 314 g/mol. The molecule has 1 fully saturated rings. The first kappa shape index (κ1) is 16.0. The molecule has 3 rings (SSSR count). The molecule has 2 aliphatic rings. The Morgan fingerprint density at radius 2 is 1.78 bits per heavy atom. The molecule has 4 heteroatoms. The molecule has 23 heavy (non-hydrogen) atoms. The molecule has 0 radical (unpaired) electrons. The Morgan fingerprint density at radius 1 is 1.09 bits per heavy atom. The highest BCUT2D eigenvalue weighted by atomic mass is 16.2. The number of hydrogen-bond donors (Lipinski definition) is 0. The molecule has 0 saturated carbocycles. The van der Waals surface area contributed by atoms with E-state index in [-0.39, 0.29) is 23.7 Å². The van der Waals surface area contributed by atoms with Crippen molar-refractivity contribution in [2.75, 3.05) is 24.5 Å². The number of carbonyl (C=O) groups excluding carboxylic acids is 2. The fraction of sp³-hybridized carbons (Fsp3) is 0.579. The van der Waals surface area contributed by atoms with Crippen LogP contribution in [0.5, 0.6) is 0 Å². The van der Waals surface area contributed by atoms with E-state index < -0.39 is 0 Å². The highest BCUT2D eigenvalue weighted by molar-refractivity contribution is 5.96. The number of para-hydroxylation sites is 1. The van der Waals surface area contributed by atoms with Gasteiger partial charge in [0.1, 0.15) is 0 Å². The third kappa shape index (κ3) is 3.26. The number of carbonyl (C=O) groups is 2. The summed E-state index contributed by atoms with van der Waals surface area (Å²) in [6, 6.07) is 8.24. The maximum absolute atomic E-state index is 12.9. The normalized spacial score (nSPS) is 18.9. The lowest BCUT2D eigenvalue weighted by Crippen LogP contribution is -2.46. The molecule has 4 nitrogen and oxygen atoms in total. The maximum Gasteiger partial charge on any atom is 0.230 e. The van der Waals surface area contributed by atoms with Crippen molar-refractivity contribution in [1.29, 1.82) is 0 Å². The molecule has 124 valence electrons. The Balaban J connectivity index is 1.66. The molecule has 1 saturated heterocycles. The van der Waals surface area contributed by atoms with Crippen LogP contribution in [0.4, 0.5) is 5.69 Å². The molecule has 0 aromatic heterocycles. The number of likely N-dealkylation sites (tertiary alicyclic amines) is 1. The van der Waals surface area contributed by atoms with Crippen LogP contribution in [0.2, 0.25) is 0 Å². The maximum atomic E-state index is 12.9. The van der Waals surface area contributed by atoms with Crippen molar-refractivity contribution in [3.8, 4) is 0 Å². The van der Waals surface area contributed by atoms with Gasteiger partial charge in [0.15, 0.2) is 0 Å². The summed E-state index contributed by atoms with van der Waals surface area (Å²) in [5.41, 5.74) is 2.36. The lowest BCUT2D eigenvalue weighted by Gasteiger charge is -2.36. The second kappa shape index (κ2) is 6.73. The number of amides is 2. The van der Waals surface area contributed by atoms with Crippen LogP contribution in [-0.4, -0.2) is 36.3 Å². The summed E-state index contributed by atoms with van der Waals surface area (Å²) < 4.78 is 0. The standard InChI is InChI=1S/C19H26N2O2/c1-14(2)18(22)20-12-9-16(10-13-20)19(23)21-11-5-7-15-6-3-4-8-17(15)21/h3-4,6,8,14,16H,5,7,9-13H2,1-2H3. The van der Waals surface area contributed by atoms with Crippen molar-refractivity contribution in [3.63, 3.8) is 0 Å². The van der Waals surface area contributed by atoms with Crippen LogP contribution in [0.25, 0.3) is 0 Å². The van der Waals surface area contributed by atoms with Crippen LogP contribution < -0.4 is 4.90 Å². The summed E-state index contributed by atoms with van der Waals surface area (Å²) in [6.45, 7) is 6.11. The van der Waals surface area contributed by atoms with Gasteiger partial charge in [0, 0.05) is 37.2 Å². The van der Waals surface area contributed by atoms with Crippen molar-refractivity contribution >= 4 is 17.5 Å². The van der Waals surface area contributed by atoms with E-state index in [9.17, 15) is 9.59 Å². The number of nitrogens with zero attached hydrogens (tertiary/aromatic N) is 2. The molecule has 0 N–H and O–H groups in total. The second-order valence-corrected chi connectivity index (χ2v) is 6.98. The summed E-state index contributed by atoms with van der Waals surface area (Å²) in [5.74, 6) is 0.543. The van der Waals surface area contributed by atoms with Gasteiger partial charge in [-0.25, -0.2) is 0 Å². The average molecular weight is 314 g/mol. The van der Waals surface area contributed by atoms with Gasteiger partial charge in [0.2, 0.25) is 11.8 Å². The SMILES string of the molecule is CC(C)C(=O)N1CCC(C(=O)N2CCCc3ccccc32)CC1. The minimum absolute atomic E-state index is 0.0382. The van der Waals surface area contributed by atoms with E-state index in [4.69, 9.17) is 0 Å². The third-order valence-corrected chi connectivity index (χ3v) is 5.03. The van der Waals surface area contributed by atoms with Crippen LogP contribution in [0, 0.1) is 11.8 Å². The van der Waals surface area contributed by atoms with Gasteiger partial charge in [-0.3, -0.25) is 9.59 Å². The second-order valence-electron chi connectivity index (χ2n) is 6.98. The zero-order valence-electron chi connectivity index (χ0n) is 14.1. The summed E-state index contributed by atoms with van der Waals surface area (Å²) in [5, 5.41) is 0. The molecule has 2 aliphatic heterocycles. The first-order valence-corrected chi connectivity index (χ1v) is 8.76. The van der Waals surface area contributed by atoms with E-state index >= 15 is 0 Å². The quantitative estimate of drug-likeness (QED) is 0.842. The molecule has 2 heterocycles. The smallest absolute Gasteiger partial charge is 0.230 e. The molecule has 0 unspecified atom stereocenters. The van der Waals surface area contributed by atoms with E-state index in [0.717, 1.165) is 37.9 Å². The third-order valence-electron chi connectivity index (χ3n) is 5.03. The van der Waals surface area contributed by atoms with Gasteiger partial charge in [0.05, 0.1) is 0 Å². The van der Waals surface area contributed by atoms with Gasteiger partial charge >= 0.3 is 0 Å². The van der Waals surface area contributed by atoms with Crippen LogP contribution in [-0.2, 0) is 16.0 Å². The summed E-state index contributed by atoms with van der Waals surface area (Å²) in [4.78, 5) is 28.9. The summed E-state index contributed by atoms with van der Waals surface area (Å²) >= 11 is 0. The number of benzene rings is 1. The predicted octanol–water partition coefficient (Wildman–Crippen LogP) is 2.86. The summed E-state index contributed by atoms with van der Waals surface area (Å²) in [6.07, 6.45) is 3.67. The Bertz CT molecular complexity index is 589. The van der Waals surface area contributed by atoms with Crippen molar-refractivity contribution in [2.24, 2.45) is 11.8 Å². The lowest BCUT2D eigenvalue weighted by atomic mass is 9.92. The fourth-order valence-electron chi connectivity index (χ4n) is 3.69.